The van der Waals surface area contributed by atoms with Gasteiger partial charge in [-0.3, -0.25) is 9.30 Å². The van der Waals surface area contributed by atoms with Crippen LogP contribution in [0.1, 0.15) is 54.6 Å². The van der Waals surface area contributed by atoms with Gasteiger partial charge in [0.25, 0.3) is 0 Å². The second kappa shape index (κ2) is 5.95. The molecular weight excluding hydrogens is 312 g/mol. The molecule has 1 fully saturated rings. The first kappa shape index (κ1) is 15.1. The monoisotopic (exact) mass is 336 g/mol. The number of fused-ring (bicyclic) bond motifs is 2. The van der Waals surface area contributed by atoms with E-state index in [4.69, 9.17) is 4.98 Å². The van der Waals surface area contributed by atoms with Crippen molar-refractivity contribution in [1.29, 1.82) is 0 Å². The smallest absolute Gasteiger partial charge is 0.233 e. The highest BCUT2D eigenvalue weighted by Gasteiger charge is 2.32. The molecule has 4 heterocycles. The molecule has 0 bridgehead atoms. The number of hydrogen-bond donors (Lipinski definition) is 0. The van der Waals surface area contributed by atoms with Crippen LogP contribution in [0.5, 0.6) is 0 Å². The van der Waals surface area contributed by atoms with Crippen LogP contribution in [-0.2, 0) is 26.4 Å². The fourth-order valence-corrected chi connectivity index (χ4v) is 4.51. The van der Waals surface area contributed by atoms with Crippen LogP contribution in [0.25, 0.3) is 5.78 Å². The molecule has 3 aromatic rings. The van der Waals surface area contributed by atoms with Gasteiger partial charge in [-0.2, -0.15) is 0 Å². The number of rotatable bonds is 3. The topological polar surface area (TPSA) is 51.2 Å². The molecule has 6 nitrogen and oxygen atoms in total. The van der Waals surface area contributed by atoms with Gasteiger partial charge in [-0.1, -0.05) is 0 Å². The number of imidazole rings is 2. The highest BCUT2D eigenvalue weighted by atomic mass is 15.2. The molecule has 2 aliphatic rings. The van der Waals surface area contributed by atoms with E-state index >= 15 is 0 Å². The normalized spacial score (nSPS) is 21.1. The predicted octanol–water partition coefficient (Wildman–Crippen LogP) is 2.68. The molecule has 6 heteroatoms. The largest absolute Gasteiger partial charge is 0.334 e. The minimum absolute atomic E-state index is 0.415. The van der Waals surface area contributed by atoms with Crippen molar-refractivity contribution < 1.29 is 0 Å². The summed E-state index contributed by atoms with van der Waals surface area (Å²) < 4.78 is 4.48. The number of nitrogens with zero attached hydrogens (tertiary/aromatic N) is 6. The zero-order valence-electron chi connectivity index (χ0n) is 14.7. The van der Waals surface area contributed by atoms with E-state index in [0.717, 1.165) is 25.3 Å². The molecule has 1 saturated heterocycles. The molecule has 1 aliphatic heterocycles. The zero-order chi connectivity index (χ0) is 16.8. The Morgan fingerprint density at radius 3 is 3.00 bits per heavy atom. The molecule has 0 radical (unpaired) electrons. The first-order valence-electron chi connectivity index (χ1n) is 9.36. The molecule has 1 aliphatic carbocycles. The molecule has 0 saturated carbocycles. The Morgan fingerprint density at radius 1 is 1.16 bits per heavy atom. The van der Waals surface area contributed by atoms with Gasteiger partial charge >= 0.3 is 0 Å². The number of aryl methyl sites for hydroxylation is 1. The third-order valence-electron chi connectivity index (χ3n) is 5.80. The maximum Gasteiger partial charge on any atom is 0.233 e. The lowest BCUT2D eigenvalue weighted by molar-refractivity contribution is 0.233. The Bertz CT molecular complexity index is 908. The fourth-order valence-electron chi connectivity index (χ4n) is 4.51. The summed E-state index contributed by atoms with van der Waals surface area (Å²) in [6.07, 6.45) is 13.1. The van der Waals surface area contributed by atoms with Crippen LogP contribution in [-0.4, -0.2) is 35.4 Å². The molecule has 5 rings (SSSR count). The van der Waals surface area contributed by atoms with Crippen molar-refractivity contribution >= 4 is 5.78 Å². The van der Waals surface area contributed by atoms with Gasteiger partial charge in [0.15, 0.2) is 0 Å². The van der Waals surface area contributed by atoms with Crippen molar-refractivity contribution in [2.75, 3.05) is 6.54 Å². The Kier molecular flexibility index (Phi) is 3.59. The number of hydrogen-bond acceptors (Lipinski definition) is 4. The average molecular weight is 336 g/mol. The summed E-state index contributed by atoms with van der Waals surface area (Å²) in [7, 11) is 2.21. The SMILES string of the molecule is Cn1c([C@@H]2CCCN2Cc2cnc3ncccn23)nc2c1CCCC2. The fraction of sp³-hybridized carbons (Fsp3) is 0.526. The number of likely N-dealkylation sites (tertiary alicyclic amines) is 1. The molecular formula is C19H24N6. The lowest BCUT2D eigenvalue weighted by Gasteiger charge is -2.24. The van der Waals surface area contributed by atoms with Crippen molar-refractivity contribution in [3.05, 3.63) is 47.6 Å². The van der Waals surface area contributed by atoms with Gasteiger partial charge in [0.2, 0.25) is 5.78 Å². The Morgan fingerprint density at radius 2 is 2.08 bits per heavy atom. The summed E-state index contributed by atoms with van der Waals surface area (Å²) in [4.78, 5) is 16.4. The van der Waals surface area contributed by atoms with Crippen LogP contribution in [0, 0.1) is 0 Å². The maximum atomic E-state index is 5.06. The third-order valence-corrected chi connectivity index (χ3v) is 5.80. The van der Waals surface area contributed by atoms with Crippen LogP contribution >= 0.6 is 0 Å². The lowest BCUT2D eigenvalue weighted by Crippen LogP contribution is -2.25. The van der Waals surface area contributed by atoms with E-state index in [1.54, 1.807) is 6.20 Å². The van der Waals surface area contributed by atoms with Crippen LogP contribution in [0.15, 0.2) is 24.7 Å². The molecule has 0 spiro atoms. The molecule has 25 heavy (non-hydrogen) atoms. The van der Waals surface area contributed by atoms with E-state index in [0.29, 0.717) is 6.04 Å². The summed E-state index contributed by atoms with van der Waals surface area (Å²) in [5.41, 5.74) is 4.01. The van der Waals surface area contributed by atoms with Crippen molar-refractivity contribution in [3.8, 4) is 0 Å². The van der Waals surface area contributed by atoms with Gasteiger partial charge in [-0.25, -0.2) is 15.0 Å². The highest BCUT2D eigenvalue weighted by Crippen LogP contribution is 2.34. The Hall–Kier alpha value is -2.21. The molecule has 3 aromatic heterocycles. The molecule has 1 atom stereocenters. The van der Waals surface area contributed by atoms with Crippen molar-refractivity contribution in [2.24, 2.45) is 7.05 Å². The highest BCUT2D eigenvalue weighted by molar-refractivity contribution is 5.30. The van der Waals surface area contributed by atoms with Gasteiger partial charge < -0.3 is 4.57 Å². The van der Waals surface area contributed by atoms with E-state index in [2.05, 4.69) is 37.1 Å². The molecule has 0 unspecified atom stereocenters. The minimum atomic E-state index is 0.415. The Balaban J connectivity index is 1.45. The third kappa shape index (κ3) is 2.47. The summed E-state index contributed by atoms with van der Waals surface area (Å²) in [6, 6.07) is 2.38. The first-order chi connectivity index (χ1) is 12.3. The van der Waals surface area contributed by atoms with Crippen LogP contribution in [0.4, 0.5) is 0 Å². The van der Waals surface area contributed by atoms with Gasteiger partial charge in [0.05, 0.1) is 23.6 Å². The minimum Gasteiger partial charge on any atom is -0.334 e. The summed E-state index contributed by atoms with van der Waals surface area (Å²) in [5, 5.41) is 0. The predicted molar refractivity (Wildman–Crippen MR) is 95.2 cm³/mol. The van der Waals surface area contributed by atoms with Gasteiger partial charge in [-0.15, -0.1) is 0 Å². The van der Waals surface area contributed by atoms with Gasteiger partial charge in [-0.05, 0) is 51.1 Å². The van der Waals surface area contributed by atoms with Crippen molar-refractivity contribution in [1.82, 2.24) is 28.8 Å². The van der Waals surface area contributed by atoms with E-state index < -0.39 is 0 Å². The van der Waals surface area contributed by atoms with Crippen molar-refractivity contribution in [3.63, 3.8) is 0 Å². The molecule has 130 valence electrons. The molecule has 0 aromatic carbocycles. The maximum absolute atomic E-state index is 5.06. The summed E-state index contributed by atoms with van der Waals surface area (Å²) in [5.74, 6) is 2.04. The molecule has 0 amide bonds. The van der Waals surface area contributed by atoms with E-state index in [1.807, 2.05) is 12.3 Å². The van der Waals surface area contributed by atoms with Crippen LogP contribution in [0.3, 0.4) is 0 Å². The zero-order valence-corrected chi connectivity index (χ0v) is 14.7. The summed E-state index contributed by atoms with van der Waals surface area (Å²) >= 11 is 0. The standard InChI is InChI=1S/C19H24N6/c1-23-16-7-3-2-6-15(16)22-18(23)17-8-4-10-24(17)13-14-12-21-19-20-9-5-11-25(14)19/h5,9,11-12,17H,2-4,6-8,10,13H2,1H3/t17-/m0/s1. The van der Waals surface area contributed by atoms with Gasteiger partial charge in [0.1, 0.15) is 5.82 Å². The van der Waals surface area contributed by atoms with Gasteiger partial charge in [0, 0.05) is 31.7 Å². The second-order valence-corrected chi connectivity index (χ2v) is 7.30. The lowest BCUT2D eigenvalue weighted by atomic mass is 10.0. The van der Waals surface area contributed by atoms with E-state index in [1.165, 1.54) is 55.0 Å². The molecule has 0 N–H and O–H groups in total. The average Bonchev–Trinajstić information content (AvgIpc) is 3.34. The van der Waals surface area contributed by atoms with Crippen molar-refractivity contribution in [2.45, 2.75) is 51.1 Å². The Labute approximate surface area is 147 Å². The number of aromatic nitrogens is 5. The van der Waals surface area contributed by atoms with Crippen LogP contribution in [0.2, 0.25) is 0 Å². The van der Waals surface area contributed by atoms with Crippen LogP contribution < -0.4 is 0 Å². The van der Waals surface area contributed by atoms with E-state index in [9.17, 15) is 0 Å². The van der Waals surface area contributed by atoms with E-state index in [-0.39, 0.29) is 0 Å². The second-order valence-electron chi connectivity index (χ2n) is 7.30. The summed E-state index contributed by atoms with van der Waals surface area (Å²) in [6.45, 7) is 2.02. The first-order valence-corrected chi connectivity index (χ1v) is 9.36. The quantitative estimate of drug-likeness (QED) is 0.738.